The second-order valence-corrected chi connectivity index (χ2v) is 4.56. The first-order valence-corrected chi connectivity index (χ1v) is 6.54. The van der Waals surface area contributed by atoms with Crippen molar-refractivity contribution < 1.29 is 9.47 Å². The van der Waals surface area contributed by atoms with Gasteiger partial charge in [0, 0.05) is 10.9 Å². The highest BCUT2D eigenvalue weighted by molar-refractivity contribution is 6.02. The highest BCUT2D eigenvalue weighted by atomic mass is 16.5. The fraction of sp³-hybridized carbons (Fsp3) is 0.111. The van der Waals surface area contributed by atoms with E-state index in [9.17, 15) is 0 Å². The number of hydrogen-bond acceptors (Lipinski definition) is 2. The number of rotatable bonds is 3. The molecule has 0 fully saturated rings. The molecule has 2 heteroatoms. The molecule has 0 unspecified atom stereocenters. The molecule has 3 rings (SSSR count). The topological polar surface area (TPSA) is 18.5 Å². The summed E-state index contributed by atoms with van der Waals surface area (Å²) in [5.41, 5.74) is 2.20. The summed E-state index contributed by atoms with van der Waals surface area (Å²) in [6, 6.07) is 20.4. The van der Waals surface area contributed by atoms with E-state index >= 15 is 0 Å². The van der Waals surface area contributed by atoms with Gasteiger partial charge in [-0.2, -0.15) is 0 Å². The van der Waals surface area contributed by atoms with Gasteiger partial charge in [0.05, 0.1) is 14.2 Å². The normalized spacial score (nSPS) is 10.5. The highest BCUT2D eigenvalue weighted by Gasteiger charge is 2.11. The number of fused-ring (bicyclic) bond motifs is 1. The van der Waals surface area contributed by atoms with E-state index in [0.29, 0.717) is 0 Å². The van der Waals surface area contributed by atoms with E-state index in [0.717, 1.165) is 33.4 Å². The lowest BCUT2D eigenvalue weighted by atomic mass is 9.97. The van der Waals surface area contributed by atoms with Gasteiger partial charge in [-0.3, -0.25) is 0 Å². The number of para-hydroxylation sites is 1. The van der Waals surface area contributed by atoms with Crippen molar-refractivity contribution >= 4 is 10.8 Å². The summed E-state index contributed by atoms with van der Waals surface area (Å²) in [4.78, 5) is 0. The van der Waals surface area contributed by atoms with E-state index in [1.807, 2.05) is 30.3 Å². The third-order valence-corrected chi connectivity index (χ3v) is 3.48. The first-order valence-electron chi connectivity index (χ1n) is 6.54. The molecule has 0 amide bonds. The van der Waals surface area contributed by atoms with Crippen molar-refractivity contribution in [3.8, 4) is 22.6 Å². The van der Waals surface area contributed by atoms with Crippen LogP contribution in [0, 0.1) is 0 Å². The molecular weight excluding hydrogens is 248 g/mol. The predicted octanol–water partition coefficient (Wildman–Crippen LogP) is 4.52. The zero-order valence-corrected chi connectivity index (χ0v) is 11.6. The summed E-state index contributed by atoms with van der Waals surface area (Å²) in [6.07, 6.45) is 0. The molecule has 0 radical (unpaired) electrons. The Kier molecular flexibility index (Phi) is 3.30. The smallest absolute Gasteiger partial charge is 0.127 e. The van der Waals surface area contributed by atoms with Gasteiger partial charge in [-0.15, -0.1) is 0 Å². The molecule has 3 aromatic rings. The average Bonchev–Trinajstić information content (AvgIpc) is 2.53. The van der Waals surface area contributed by atoms with Gasteiger partial charge in [-0.25, -0.2) is 0 Å². The van der Waals surface area contributed by atoms with Crippen LogP contribution in [0.2, 0.25) is 0 Å². The minimum atomic E-state index is 0.867. The van der Waals surface area contributed by atoms with Crippen molar-refractivity contribution in [2.75, 3.05) is 14.2 Å². The Bertz CT molecular complexity index is 742. The van der Waals surface area contributed by atoms with Crippen LogP contribution in [0.1, 0.15) is 0 Å². The fourth-order valence-corrected chi connectivity index (χ4v) is 2.57. The Morgan fingerprint density at radius 1 is 0.600 bits per heavy atom. The lowest BCUT2D eigenvalue weighted by Gasteiger charge is -2.13. The standard InChI is InChI=1S/C18H16O2/c1-19-16-11-4-3-9-14(16)15-10-5-7-13-8-6-12-17(20-2)18(13)15/h3-12H,1-2H3. The van der Waals surface area contributed by atoms with Crippen LogP contribution in [0.5, 0.6) is 11.5 Å². The Hall–Kier alpha value is -2.48. The molecule has 0 N–H and O–H groups in total. The molecular formula is C18H16O2. The van der Waals surface area contributed by atoms with E-state index in [2.05, 4.69) is 30.3 Å². The third kappa shape index (κ3) is 1.99. The molecule has 0 heterocycles. The molecule has 0 saturated carbocycles. The summed E-state index contributed by atoms with van der Waals surface area (Å²) in [6.45, 7) is 0. The summed E-state index contributed by atoms with van der Waals surface area (Å²) in [5.74, 6) is 1.75. The monoisotopic (exact) mass is 264 g/mol. The highest BCUT2D eigenvalue weighted by Crippen LogP contribution is 2.38. The minimum Gasteiger partial charge on any atom is -0.496 e. The maximum absolute atomic E-state index is 5.52. The molecule has 3 aromatic carbocycles. The summed E-state index contributed by atoms with van der Waals surface area (Å²) in [5, 5.41) is 2.27. The third-order valence-electron chi connectivity index (χ3n) is 3.48. The lowest BCUT2D eigenvalue weighted by molar-refractivity contribution is 0.416. The maximum Gasteiger partial charge on any atom is 0.127 e. The number of methoxy groups -OCH3 is 2. The molecule has 100 valence electrons. The molecule has 0 aliphatic carbocycles. The van der Waals surface area contributed by atoms with Crippen LogP contribution in [0.3, 0.4) is 0 Å². The zero-order chi connectivity index (χ0) is 13.9. The van der Waals surface area contributed by atoms with Crippen LogP contribution in [-0.4, -0.2) is 14.2 Å². The molecule has 0 aromatic heterocycles. The SMILES string of the molecule is COc1ccccc1-c1cccc2cccc(OC)c12. The molecule has 0 aliphatic rings. The van der Waals surface area contributed by atoms with Crippen molar-refractivity contribution in [3.63, 3.8) is 0 Å². The van der Waals surface area contributed by atoms with Crippen LogP contribution < -0.4 is 9.47 Å². The molecule has 20 heavy (non-hydrogen) atoms. The minimum absolute atomic E-state index is 0.867. The second kappa shape index (κ2) is 5.25. The van der Waals surface area contributed by atoms with Gasteiger partial charge in [-0.05, 0) is 23.1 Å². The van der Waals surface area contributed by atoms with Crippen LogP contribution >= 0.6 is 0 Å². The second-order valence-electron chi connectivity index (χ2n) is 4.56. The van der Waals surface area contributed by atoms with E-state index in [1.54, 1.807) is 14.2 Å². The molecule has 0 aliphatic heterocycles. The maximum atomic E-state index is 5.52. The Balaban J connectivity index is 2.36. The van der Waals surface area contributed by atoms with Crippen LogP contribution in [0.4, 0.5) is 0 Å². The van der Waals surface area contributed by atoms with Gasteiger partial charge in [0.1, 0.15) is 11.5 Å². The van der Waals surface area contributed by atoms with Gasteiger partial charge in [0.2, 0.25) is 0 Å². The van der Waals surface area contributed by atoms with Crippen molar-refractivity contribution in [2.45, 2.75) is 0 Å². The van der Waals surface area contributed by atoms with E-state index in [1.165, 1.54) is 0 Å². The molecule has 0 bridgehead atoms. The number of benzene rings is 3. The Morgan fingerprint density at radius 2 is 1.20 bits per heavy atom. The van der Waals surface area contributed by atoms with Gasteiger partial charge in [0.15, 0.2) is 0 Å². The van der Waals surface area contributed by atoms with Crippen molar-refractivity contribution in [1.29, 1.82) is 0 Å². The van der Waals surface area contributed by atoms with Gasteiger partial charge in [0.25, 0.3) is 0 Å². The van der Waals surface area contributed by atoms with Crippen molar-refractivity contribution in [3.05, 3.63) is 60.7 Å². The molecule has 2 nitrogen and oxygen atoms in total. The predicted molar refractivity (Wildman–Crippen MR) is 82.5 cm³/mol. The molecule has 0 saturated heterocycles. The van der Waals surface area contributed by atoms with Gasteiger partial charge in [-0.1, -0.05) is 48.5 Å². The fourth-order valence-electron chi connectivity index (χ4n) is 2.57. The Morgan fingerprint density at radius 3 is 1.95 bits per heavy atom. The summed E-state index contributed by atoms with van der Waals surface area (Å²) in [7, 11) is 3.40. The van der Waals surface area contributed by atoms with E-state index in [4.69, 9.17) is 9.47 Å². The first kappa shape index (κ1) is 12.5. The number of ether oxygens (including phenoxy) is 2. The first-order chi connectivity index (χ1) is 9.85. The Labute approximate surface area is 118 Å². The van der Waals surface area contributed by atoms with Crippen molar-refractivity contribution in [2.24, 2.45) is 0 Å². The van der Waals surface area contributed by atoms with E-state index in [-0.39, 0.29) is 0 Å². The quantitative estimate of drug-likeness (QED) is 0.692. The van der Waals surface area contributed by atoms with Gasteiger partial charge >= 0.3 is 0 Å². The number of hydrogen-bond donors (Lipinski definition) is 0. The average molecular weight is 264 g/mol. The molecule has 0 atom stereocenters. The summed E-state index contributed by atoms with van der Waals surface area (Å²) >= 11 is 0. The van der Waals surface area contributed by atoms with E-state index < -0.39 is 0 Å². The van der Waals surface area contributed by atoms with Crippen LogP contribution in [0.25, 0.3) is 21.9 Å². The largest absolute Gasteiger partial charge is 0.496 e. The summed E-state index contributed by atoms with van der Waals surface area (Å²) < 4.78 is 11.0. The zero-order valence-electron chi connectivity index (χ0n) is 11.6. The van der Waals surface area contributed by atoms with Crippen LogP contribution in [-0.2, 0) is 0 Å². The lowest BCUT2D eigenvalue weighted by Crippen LogP contribution is -1.91. The van der Waals surface area contributed by atoms with Crippen LogP contribution in [0.15, 0.2) is 60.7 Å². The molecule has 0 spiro atoms. The van der Waals surface area contributed by atoms with Gasteiger partial charge < -0.3 is 9.47 Å². The van der Waals surface area contributed by atoms with Crippen molar-refractivity contribution in [1.82, 2.24) is 0 Å².